The highest BCUT2D eigenvalue weighted by Gasteiger charge is 2.54. The van der Waals surface area contributed by atoms with Gasteiger partial charge in [-0.1, -0.05) is 56.7 Å². The molecule has 0 atom stereocenters. The molecule has 2 aromatic rings. The first-order valence-corrected chi connectivity index (χ1v) is 7.84. The van der Waals surface area contributed by atoms with Crippen LogP contribution in [0.25, 0.3) is 0 Å². The van der Waals surface area contributed by atoms with Gasteiger partial charge in [-0.15, -0.1) is 0 Å². The smallest absolute Gasteiger partial charge is 0.220 e. The normalized spacial score (nSPS) is 16.4. The van der Waals surface area contributed by atoms with Gasteiger partial charge in [0.05, 0.1) is 0 Å². The van der Waals surface area contributed by atoms with E-state index in [4.69, 9.17) is 0 Å². The lowest BCUT2D eigenvalue weighted by Crippen LogP contribution is -2.38. The molecule has 24 heavy (non-hydrogen) atoms. The van der Waals surface area contributed by atoms with Gasteiger partial charge in [0, 0.05) is 16.7 Å². The number of rotatable bonds is 1. The highest BCUT2D eigenvalue weighted by Crippen LogP contribution is 2.44. The molecule has 0 unspecified atom stereocenters. The van der Waals surface area contributed by atoms with E-state index >= 15 is 0 Å². The fourth-order valence-electron chi connectivity index (χ4n) is 3.24. The second kappa shape index (κ2) is 5.02. The maximum Gasteiger partial charge on any atom is 0.220 e. The zero-order chi connectivity index (χ0) is 17.9. The number of carbonyl (C=O) groups excluding carboxylic acids is 2. The van der Waals surface area contributed by atoms with Crippen LogP contribution < -0.4 is 0 Å². The fourth-order valence-corrected chi connectivity index (χ4v) is 3.24. The molecule has 4 heteroatoms. The van der Waals surface area contributed by atoms with Crippen LogP contribution >= 0.6 is 0 Å². The lowest BCUT2D eigenvalue weighted by Gasteiger charge is -2.27. The molecule has 0 aromatic heterocycles. The van der Waals surface area contributed by atoms with Crippen LogP contribution in [0, 0.1) is 6.92 Å². The molecule has 0 heterocycles. The van der Waals surface area contributed by atoms with E-state index in [9.17, 15) is 19.8 Å². The van der Waals surface area contributed by atoms with Crippen molar-refractivity contribution in [2.24, 2.45) is 0 Å². The van der Waals surface area contributed by atoms with E-state index in [2.05, 4.69) is 0 Å². The van der Waals surface area contributed by atoms with Gasteiger partial charge in [0.15, 0.2) is 0 Å². The quantitative estimate of drug-likeness (QED) is 0.790. The van der Waals surface area contributed by atoms with Crippen molar-refractivity contribution >= 4 is 11.6 Å². The molecule has 0 aliphatic heterocycles. The van der Waals surface area contributed by atoms with Crippen molar-refractivity contribution in [1.29, 1.82) is 0 Å². The van der Waals surface area contributed by atoms with E-state index < -0.39 is 22.6 Å². The number of phenolic OH excluding ortho intramolecular Hbond substituents is 1. The Hall–Kier alpha value is -2.46. The van der Waals surface area contributed by atoms with E-state index in [1.165, 1.54) is 18.2 Å². The molecule has 0 spiro atoms. The topological polar surface area (TPSA) is 74.6 Å². The molecule has 2 N–H and O–H groups in total. The lowest BCUT2D eigenvalue weighted by molar-refractivity contribution is 0.0311. The Kier molecular flexibility index (Phi) is 3.43. The molecule has 0 saturated heterocycles. The zero-order valence-electron chi connectivity index (χ0n) is 14.2. The van der Waals surface area contributed by atoms with Gasteiger partial charge in [-0.2, -0.15) is 0 Å². The van der Waals surface area contributed by atoms with Gasteiger partial charge in [0.25, 0.3) is 0 Å². The van der Waals surface area contributed by atoms with Gasteiger partial charge in [-0.3, -0.25) is 9.59 Å². The summed E-state index contributed by atoms with van der Waals surface area (Å²) in [6, 6.07) is 9.64. The van der Waals surface area contributed by atoms with Crippen molar-refractivity contribution in [2.45, 2.75) is 38.7 Å². The third-order valence-corrected chi connectivity index (χ3v) is 4.53. The molecule has 0 saturated carbocycles. The van der Waals surface area contributed by atoms with Crippen LogP contribution in [0.3, 0.4) is 0 Å². The van der Waals surface area contributed by atoms with Gasteiger partial charge in [-0.05, 0) is 24.0 Å². The Morgan fingerprint density at radius 3 is 1.92 bits per heavy atom. The number of ketones is 2. The molecule has 1 aliphatic rings. The summed E-state index contributed by atoms with van der Waals surface area (Å²) in [4.78, 5) is 25.5. The molecule has 0 radical (unpaired) electrons. The van der Waals surface area contributed by atoms with Gasteiger partial charge >= 0.3 is 0 Å². The molecule has 3 rings (SSSR count). The summed E-state index contributed by atoms with van der Waals surface area (Å²) in [6.45, 7) is 7.56. The average Bonchev–Trinajstić information content (AvgIpc) is 2.71. The van der Waals surface area contributed by atoms with E-state index in [0.717, 1.165) is 5.56 Å². The Morgan fingerprint density at radius 2 is 1.46 bits per heavy atom. The van der Waals surface area contributed by atoms with Crippen LogP contribution in [0.1, 0.15) is 58.2 Å². The molecule has 0 amide bonds. The first-order valence-electron chi connectivity index (χ1n) is 7.84. The monoisotopic (exact) mass is 324 g/mol. The minimum Gasteiger partial charge on any atom is -0.507 e. The number of aromatic hydroxyl groups is 1. The third-order valence-electron chi connectivity index (χ3n) is 4.53. The van der Waals surface area contributed by atoms with E-state index in [1.54, 1.807) is 25.1 Å². The number of aliphatic hydroxyl groups is 1. The van der Waals surface area contributed by atoms with Crippen molar-refractivity contribution in [2.75, 3.05) is 0 Å². The molecule has 4 nitrogen and oxygen atoms in total. The second-order valence-corrected chi connectivity index (χ2v) is 7.37. The summed E-state index contributed by atoms with van der Waals surface area (Å²) in [7, 11) is 0. The van der Waals surface area contributed by atoms with Crippen molar-refractivity contribution in [1.82, 2.24) is 0 Å². The summed E-state index contributed by atoms with van der Waals surface area (Å²) in [6.07, 6.45) is 0. The van der Waals surface area contributed by atoms with Crippen LogP contribution in [0.5, 0.6) is 5.75 Å². The molecular formula is C20H20O4. The molecule has 0 bridgehead atoms. The maximum absolute atomic E-state index is 12.8. The largest absolute Gasteiger partial charge is 0.507 e. The fraction of sp³-hybridized carbons (Fsp3) is 0.300. The minimum absolute atomic E-state index is 0.0429. The van der Waals surface area contributed by atoms with Crippen molar-refractivity contribution in [3.8, 4) is 5.75 Å². The Morgan fingerprint density at radius 1 is 0.958 bits per heavy atom. The summed E-state index contributed by atoms with van der Waals surface area (Å²) in [5.41, 5.74) is -1.11. The summed E-state index contributed by atoms with van der Waals surface area (Å²) in [5.74, 6) is -1.59. The first-order chi connectivity index (χ1) is 11.1. The zero-order valence-corrected chi connectivity index (χ0v) is 14.2. The molecule has 124 valence electrons. The number of Topliss-reactive ketones (excluding diaryl/α,β-unsaturated/α-hetero) is 2. The molecule has 2 aromatic carbocycles. The maximum atomic E-state index is 12.8. The molecular weight excluding hydrogens is 304 g/mol. The number of carbonyl (C=O) groups is 2. The van der Waals surface area contributed by atoms with E-state index in [1.807, 2.05) is 20.8 Å². The standard InChI is InChI=1S/C20H20O4/c1-11-9-14(19(2,3)4)16(21)15(10-11)20(24)17(22)12-7-5-6-8-13(12)18(20)23/h5-10,21,24H,1-4H3. The Labute approximate surface area is 140 Å². The Bertz CT molecular complexity index is 837. The second-order valence-electron chi connectivity index (χ2n) is 7.37. The van der Waals surface area contributed by atoms with Crippen LogP contribution in [0.15, 0.2) is 36.4 Å². The number of benzene rings is 2. The minimum atomic E-state index is -2.38. The molecule has 1 aliphatic carbocycles. The average molecular weight is 324 g/mol. The SMILES string of the molecule is Cc1cc(C(C)(C)C)c(O)c(C2(O)C(=O)c3ccccc3C2=O)c1. The third kappa shape index (κ3) is 2.10. The van der Waals surface area contributed by atoms with E-state index in [0.29, 0.717) is 5.56 Å². The van der Waals surface area contributed by atoms with E-state index in [-0.39, 0.29) is 22.4 Å². The Balaban J connectivity index is 2.29. The number of phenols is 1. The summed E-state index contributed by atoms with van der Waals surface area (Å²) >= 11 is 0. The number of fused-ring (bicyclic) bond motifs is 1. The van der Waals surface area contributed by atoms with Gasteiger partial charge in [-0.25, -0.2) is 0 Å². The summed E-state index contributed by atoms with van der Waals surface area (Å²) < 4.78 is 0. The number of hydrogen-bond acceptors (Lipinski definition) is 4. The van der Waals surface area contributed by atoms with Gasteiger partial charge in [0.1, 0.15) is 5.75 Å². The van der Waals surface area contributed by atoms with Crippen LogP contribution in [-0.4, -0.2) is 21.8 Å². The first kappa shape index (κ1) is 16.4. The highest BCUT2D eigenvalue weighted by molar-refractivity contribution is 6.32. The summed E-state index contributed by atoms with van der Waals surface area (Å²) in [5, 5.41) is 21.8. The lowest BCUT2D eigenvalue weighted by atomic mass is 9.79. The van der Waals surface area contributed by atoms with Crippen molar-refractivity contribution in [3.63, 3.8) is 0 Å². The highest BCUT2D eigenvalue weighted by atomic mass is 16.3. The van der Waals surface area contributed by atoms with Gasteiger partial charge < -0.3 is 10.2 Å². The number of aryl methyl sites for hydroxylation is 1. The predicted octanol–water partition coefficient (Wildman–Crippen LogP) is 3.26. The van der Waals surface area contributed by atoms with Crippen LogP contribution in [-0.2, 0) is 11.0 Å². The predicted molar refractivity (Wildman–Crippen MR) is 90.5 cm³/mol. The van der Waals surface area contributed by atoms with Crippen molar-refractivity contribution in [3.05, 3.63) is 64.2 Å². The van der Waals surface area contributed by atoms with Crippen molar-refractivity contribution < 1.29 is 19.8 Å². The van der Waals surface area contributed by atoms with Crippen LogP contribution in [0.4, 0.5) is 0 Å². The van der Waals surface area contributed by atoms with Crippen LogP contribution in [0.2, 0.25) is 0 Å². The number of hydrogen-bond donors (Lipinski definition) is 2. The molecule has 0 fully saturated rings. The van der Waals surface area contributed by atoms with Gasteiger partial charge in [0.2, 0.25) is 17.2 Å².